The third-order valence-corrected chi connectivity index (χ3v) is 6.30. The first-order chi connectivity index (χ1) is 11.1. The summed E-state index contributed by atoms with van der Waals surface area (Å²) in [6.07, 6.45) is 1.41. The molecule has 4 rings (SSSR count). The normalized spacial score (nSPS) is 15.0. The average Bonchev–Trinajstić information content (AvgIpc) is 3.23. The van der Waals surface area contributed by atoms with Crippen molar-refractivity contribution < 1.29 is 13.2 Å². The van der Waals surface area contributed by atoms with Crippen LogP contribution >= 0.6 is 11.3 Å². The molecule has 1 aromatic carbocycles. The molecule has 0 amide bonds. The summed E-state index contributed by atoms with van der Waals surface area (Å²) < 4.78 is 33.2. The van der Waals surface area contributed by atoms with Gasteiger partial charge < -0.3 is 4.74 Å². The number of rotatable bonds is 5. The van der Waals surface area contributed by atoms with Gasteiger partial charge in [-0.1, -0.05) is 0 Å². The number of nitrogens with zero attached hydrogens (tertiary/aromatic N) is 3. The maximum atomic E-state index is 12.0. The molecule has 9 heteroatoms. The summed E-state index contributed by atoms with van der Waals surface area (Å²) in [5, 5.41) is 5.92. The number of anilines is 1. The Morgan fingerprint density at radius 3 is 2.70 bits per heavy atom. The third-order valence-electron chi connectivity index (χ3n) is 3.66. The number of sulfonamides is 1. The van der Waals surface area contributed by atoms with Gasteiger partial charge in [0, 0.05) is 10.9 Å². The van der Waals surface area contributed by atoms with Crippen molar-refractivity contribution in [3.63, 3.8) is 0 Å². The Balaban J connectivity index is 1.68. The fraction of sp³-hybridized carbons (Fsp3) is 0.286. The lowest BCUT2D eigenvalue weighted by atomic mass is 10.2. The van der Waals surface area contributed by atoms with Crippen LogP contribution < -0.4 is 9.46 Å². The van der Waals surface area contributed by atoms with Gasteiger partial charge in [-0.3, -0.25) is 0 Å². The summed E-state index contributed by atoms with van der Waals surface area (Å²) >= 11 is 1.41. The molecule has 0 spiro atoms. The second kappa shape index (κ2) is 5.20. The Morgan fingerprint density at radius 2 is 2.04 bits per heavy atom. The number of benzene rings is 1. The van der Waals surface area contributed by atoms with Crippen LogP contribution in [-0.2, 0) is 10.0 Å². The van der Waals surface area contributed by atoms with Gasteiger partial charge in [0.2, 0.25) is 15.0 Å². The van der Waals surface area contributed by atoms with E-state index in [0.29, 0.717) is 17.8 Å². The highest BCUT2D eigenvalue weighted by Crippen LogP contribution is 2.30. The Morgan fingerprint density at radius 1 is 1.30 bits per heavy atom. The number of ether oxygens (including phenoxy) is 1. The van der Waals surface area contributed by atoms with Gasteiger partial charge in [-0.2, -0.15) is 4.98 Å². The summed E-state index contributed by atoms with van der Waals surface area (Å²) in [4.78, 5) is 4.89. The Kier molecular flexibility index (Phi) is 3.27. The van der Waals surface area contributed by atoms with Crippen molar-refractivity contribution in [3.05, 3.63) is 29.6 Å². The molecule has 0 atom stereocenters. The van der Waals surface area contributed by atoms with Crippen LogP contribution in [0.4, 0.5) is 5.95 Å². The molecular weight excluding hydrogens is 336 g/mol. The second-order valence-corrected chi connectivity index (χ2v) is 8.12. The lowest BCUT2D eigenvalue weighted by Crippen LogP contribution is -2.18. The summed E-state index contributed by atoms with van der Waals surface area (Å²) in [7, 11) is -1.73. The zero-order chi connectivity index (χ0) is 16.0. The van der Waals surface area contributed by atoms with Crippen LogP contribution in [0.3, 0.4) is 0 Å². The fourth-order valence-corrected chi connectivity index (χ4v) is 4.37. The van der Waals surface area contributed by atoms with Gasteiger partial charge in [0.15, 0.2) is 0 Å². The lowest BCUT2D eigenvalue weighted by molar-refractivity contribution is 0.415. The van der Waals surface area contributed by atoms with Crippen LogP contribution in [0.1, 0.15) is 12.8 Å². The Bertz CT molecular complexity index is 956. The number of fused-ring (bicyclic) bond motifs is 1. The van der Waals surface area contributed by atoms with Crippen LogP contribution in [-0.4, -0.2) is 35.4 Å². The fourth-order valence-electron chi connectivity index (χ4n) is 2.27. The van der Waals surface area contributed by atoms with Gasteiger partial charge >= 0.3 is 0 Å². The zero-order valence-electron chi connectivity index (χ0n) is 12.3. The topological polar surface area (TPSA) is 85.6 Å². The number of thiazole rings is 1. The summed E-state index contributed by atoms with van der Waals surface area (Å²) in [5.74, 6) is 0.898. The molecule has 1 N–H and O–H groups in total. The maximum absolute atomic E-state index is 12.0. The van der Waals surface area contributed by atoms with E-state index < -0.39 is 10.0 Å². The summed E-state index contributed by atoms with van der Waals surface area (Å²) in [6.45, 7) is 0. The maximum Gasteiger partial charge on any atom is 0.257 e. The van der Waals surface area contributed by atoms with Crippen LogP contribution in [0.25, 0.3) is 16.2 Å². The van der Waals surface area contributed by atoms with Crippen molar-refractivity contribution >= 4 is 32.3 Å². The quantitative estimate of drug-likeness (QED) is 0.763. The predicted octanol–water partition coefficient (Wildman–Crippen LogP) is 2.37. The molecule has 2 heterocycles. The highest BCUT2D eigenvalue weighted by atomic mass is 32.2. The van der Waals surface area contributed by atoms with Gasteiger partial charge in [-0.15, -0.1) is 16.4 Å². The standard InChI is InChI=1S/C14H14N4O3S2/c1-21-10-4-2-9(3-5-10)12-8-22-14-15-13(16-18(12)14)17-23(19,20)11-6-7-11/h2-5,8,11H,6-7H2,1H3,(H,16,17). The first-order valence-electron chi connectivity index (χ1n) is 7.07. The van der Waals surface area contributed by atoms with E-state index in [0.717, 1.165) is 17.0 Å². The average molecular weight is 350 g/mol. The molecule has 23 heavy (non-hydrogen) atoms. The highest BCUT2D eigenvalue weighted by molar-refractivity contribution is 7.93. The van der Waals surface area contributed by atoms with Crippen molar-refractivity contribution in [3.8, 4) is 17.0 Å². The minimum Gasteiger partial charge on any atom is -0.497 e. The summed E-state index contributed by atoms with van der Waals surface area (Å²) in [6, 6.07) is 7.59. The van der Waals surface area contributed by atoms with Gasteiger partial charge in [0.25, 0.3) is 5.95 Å². The third kappa shape index (κ3) is 2.66. The molecular formula is C14H14N4O3S2. The summed E-state index contributed by atoms with van der Waals surface area (Å²) in [5.41, 5.74) is 1.82. The minimum absolute atomic E-state index is 0.124. The molecule has 1 fully saturated rings. The molecule has 7 nitrogen and oxygen atoms in total. The van der Waals surface area contributed by atoms with Gasteiger partial charge in [-0.05, 0) is 37.1 Å². The van der Waals surface area contributed by atoms with Crippen molar-refractivity contribution in [2.75, 3.05) is 11.8 Å². The molecule has 3 aromatic rings. The molecule has 0 saturated heterocycles. The smallest absolute Gasteiger partial charge is 0.257 e. The Labute approximate surface area is 137 Å². The van der Waals surface area contributed by atoms with Crippen molar-refractivity contribution in [2.24, 2.45) is 0 Å². The molecule has 1 aliphatic rings. The van der Waals surface area contributed by atoms with Gasteiger partial charge in [0.1, 0.15) is 5.75 Å². The van der Waals surface area contributed by atoms with E-state index in [1.165, 1.54) is 11.3 Å². The molecule has 0 aliphatic heterocycles. The monoisotopic (exact) mass is 350 g/mol. The number of nitrogens with one attached hydrogen (secondary N) is 1. The largest absolute Gasteiger partial charge is 0.497 e. The molecule has 120 valence electrons. The van der Waals surface area contributed by atoms with Crippen LogP contribution in [0.15, 0.2) is 29.6 Å². The Hall–Kier alpha value is -2.13. The number of methoxy groups -OCH3 is 1. The van der Waals surface area contributed by atoms with E-state index in [1.807, 2.05) is 29.6 Å². The van der Waals surface area contributed by atoms with E-state index in [2.05, 4.69) is 14.8 Å². The van der Waals surface area contributed by atoms with E-state index >= 15 is 0 Å². The molecule has 2 aromatic heterocycles. The second-order valence-electron chi connectivity index (χ2n) is 5.33. The van der Waals surface area contributed by atoms with Crippen LogP contribution in [0.2, 0.25) is 0 Å². The lowest BCUT2D eigenvalue weighted by Gasteiger charge is -2.02. The van der Waals surface area contributed by atoms with E-state index in [-0.39, 0.29) is 11.2 Å². The number of hydrogen-bond acceptors (Lipinski definition) is 6. The van der Waals surface area contributed by atoms with Crippen molar-refractivity contribution in [2.45, 2.75) is 18.1 Å². The molecule has 1 saturated carbocycles. The first-order valence-corrected chi connectivity index (χ1v) is 9.50. The van der Waals surface area contributed by atoms with Gasteiger partial charge in [-0.25, -0.2) is 17.7 Å². The highest BCUT2D eigenvalue weighted by Gasteiger charge is 2.36. The SMILES string of the molecule is COc1ccc(-c2csc3nc(NS(=O)(=O)C4CC4)nn23)cc1. The van der Waals surface area contributed by atoms with E-state index in [9.17, 15) is 8.42 Å². The molecule has 0 radical (unpaired) electrons. The minimum atomic E-state index is -3.35. The molecule has 0 bridgehead atoms. The van der Waals surface area contributed by atoms with Crippen molar-refractivity contribution in [1.29, 1.82) is 0 Å². The van der Waals surface area contributed by atoms with Gasteiger partial charge in [0.05, 0.1) is 18.1 Å². The molecule has 0 unspecified atom stereocenters. The first kappa shape index (κ1) is 14.5. The number of aromatic nitrogens is 3. The van der Waals surface area contributed by atoms with Crippen molar-refractivity contribution in [1.82, 2.24) is 14.6 Å². The molecule has 1 aliphatic carbocycles. The predicted molar refractivity (Wildman–Crippen MR) is 88.4 cm³/mol. The van der Waals surface area contributed by atoms with Crippen LogP contribution in [0, 0.1) is 0 Å². The zero-order valence-corrected chi connectivity index (χ0v) is 13.9. The number of hydrogen-bond donors (Lipinski definition) is 1. The van der Waals surface area contributed by atoms with E-state index in [4.69, 9.17) is 4.74 Å². The van der Waals surface area contributed by atoms with Crippen LogP contribution in [0.5, 0.6) is 5.75 Å². The van der Waals surface area contributed by atoms with E-state index in [1.54, 1.807) is 11.6 Å².